The Morgan fingerprint density at radius 2 is 1.93 bits per heavy atom. The molecule has 0 aliphatic carbocycles. The van der Waals surface area contributed by atoms with Gasteiger partial charge in [0.25, 0.3) is 0 Å². The van der Waals surface area contributed by atoms with Crippen molar-refractivity contribution >= 4 is 0 Å². The van der Waals surface area contributed by atoms with Gasteiger partial charge in [-0.25, -0.2) is 0 Å². The second kappa shape index (κ2) is 4.67. The van der Waals surface area contributed by atoms with Crippen LogP contribution in [-0.4, -0.2) is 12.6 Å². The normalized spacial score (nSPS) is 13.7. The maximum absolute atomic E-state index is 6.02. The van der Waals surface area contributed by atoms with Gasteiger partial charge in [0.05, 0.1) is 7.11 Å². The van der Waals surface area contributed by atoms with Gasteiger partial charge in [-0.1, -0.05) is 25.1 Å². The molecule has 0 bridgehead atoms. The summed E-state index contributed by atoms with van der Waals surface area (Å²) in [6, 6.07) is 8.13. The van der Waals surface area contributed by atoms with E-state index in [-0.39, 0.29) is 5.54 Å². The summed E-state index contributed by atoms with van der Waals surface area (Å²) in [5.41, 5.74) is 7.12. The molecule has 0 saturated carbocycles. The van der Waals surface area contributed by atoms with E-state index in [1.54, 1.807) is 7.11 Å². The molecule has 15 heavy (non-hydrogen) atoms. The number of methoxy groups -OCH3 is 1. The van der Waals surface area contributed by atoms with Gasteiger partial charge < -0.3 is 10.5 Å². The maximum Gasteiger partial charge on any atom is 0.122 e. The van der Waals surface area contributed by atoms with E-state index in [1.807, 2.05) is 18.2 Å². The van der Waals surface area contributed by atoms with Crippen LogP contribution in [0, 0.1) is 0 Å². The van der Waals surface area contributed by atoms with Gasteiger partial charge in [-0.3, -0.25) is 0 Å². The Labute approximate surface area is 92.4 Å². The lowest BCUT2D eigenvalue weighted by molar-refractivity contribution is 0.392. The van der Waals surface area contributed by atoms with Crippen LogP contribution in [0.3, 0.4) is 0 Å². The predicted octanol–water partition coefficient (Wildman–Crippen LogP) is 2.93. The predicted molar refractivity (Wildman–Crippen MR) is 64.3 cm³/mol. The average Bonchev–Trinajstić information content (AvgIpc) is 2.15. The summed E-state index contributed by atoms with van der Waals surface area (Å²) in [6.07, 6.45) is 0.952. The molecule has 0 radical (unpaired) electrons. The highest BCUT2D eigenvalue weighted by Crippen LogP contribution is 2.30. The molecule has 0 amide bonds. The number of ether oxygens (including phenoxy) is 1. The third-order valence-corrected chi connectivity index (χ3v) is 2.50. The van der Waals surface area contributed by atoms with E-state index < -0.39 is 0 Å². The fourth-order valence-electron chi connectivity index (χ4n) is 1.97. The Bertz CT molecular complexity index is 315. The highest BCUT2D eigenvalue weighted by atomic mass is 16.5. The minimum atomic E-state index is -0.139. The Balaban J connectivity index is 2.86. The van der Waals surface area contributed by atoms with Gasteiger partial charge in [-0.15, -0.1) is 0 Å². The van der Waals surface area contributed by atoms with Crippen LogP contribution in [0.2, 0.25) is 0 Å². The van der Waals surface area contributed by atoms with E-state index in [4.69, 9.17) is 10.5 Å². The fourth-order valence-corrected chi connectivity index (χ4v) is 1.97. The van der Waals surface area contributed by atoms with Crippen molar-refractivity contribution in [1.82, 2.24) is 0 Å². The van der Waals surface area contributed by atoms with E-state index in [0.717, 1.165) is 12.2 Å². The zero-order valence-corrected chi connectivity index (χ0v) is 10.1. The van der Waals surface area contributed by atoms with Crippen molar-refractivity contribution in [3.8, 4) is 5.75 Å². The van der Waals surface area contributed by atoms with E-state index in [2.05, 4.69) is 26.8 Å². The van der Waals surface area contributed by atoms with Crippen molar-refractivity contribution in [1.29, 1.82) is 0 Å². The molecule has 0 spiro atoms. The molecule has 0 aromatic heterocycles. The molecule has 0 heterocycles. The molecule has 1 atom stereocenters. The summed E-state index contributed by atoms with van der Waals surface area (Å²) in [7, 11) is 1.71. The molecule has 1 unspecified atom stereocenters. The van der Waals surface area contributed by atoms with Gasteiger partial charge in [0.2, 0.25) is 0 Å². The van der Waals surface area contributed by atoms with Crippen LogP contribution >= 0.6 is 0 Å². The quantitative estimate of drug-likeness (QED) is 0.824. The molecule has 2 heteroatoms. The number of hydrogen-bond donors (Lipinski definition) is 1. The third-order valence-electron chi connectivity index (χ3n) is 2.50. The number of benzene rings is 1. The van der Waals surface area contributed by atoms with Gasteiger partial charge in [-0.2, -0.15) is 0 Å². The Kier molecular flexibility index (Phi) is 3.75. The molecule has 0 saturated heterocycles. The molecular formula is C13H21NO. The van der Waals surface area contributed by atoms with Crippen molar-refractivity contribution in [3.63, 3.8) is 0 Å². The van der Waals surface area contributed by atoms with Crippen molar-refractivity contribution in [2.45, 2.75) is 38.6 Å². The summed E-state index contributed by atoms with van der Waals surface area (Å²) in [4.78, 5) is 0. The molecular weight excluding hydrogens is 186 g/mol. The molecule has 1 aromatic carbocycles. The molecule has 0 fully saturated rings. The third kappa shape index (κ3) is 3.56. The standard InChI is InChI=1S/C13H21NO/c1-10(9-13(2,3)14)11-7-5-6-8-12(11)15-4/h5-8,10H,9,14H2,1-4H3. The first kappa shape index (κ1) is 12.1. The average molecular weight is 207 g/mol. The van der Waals surface area contributed by atoms with Crippen LogP contribution in [0.1, 0.15) is 38.7 Å². The highest BCUT2D eigenvalue weighted by molar-refractivity contribution is 5.36. The molecule has 0 aliphatic heterocycles. The van der Waals surface area contributed by atoms with Gasteiger partial charge in [0.1, 0.15) is 5.75 Å². The molecule has 1 aromatic rings. The van der Waals surface area contributed by atoms with Crippen LogP contribution in [0.25, 0.3) is 0 Å². The van der Waals surface area contributed by atoms with E-state index in [1.165, 1.54) is 5.56 Å². The zero-order chi connectivity index (χ0) is 11.5. The van der Waals surface area contributed by atoms with E-state index in [0.29, 0.717) is 5.92 Å². The fraction of sp³-hybridized carbons (Fsp3) is 0.538. The molecule has 2 nitrogen and oxygen atoms in total. The smallest absolute Gasteiger partial charge is 0.122 e. The van der Waals surface area contributed by atoms with Crippen molar-refractivity contribution < 1.29 is 4.74 Å². The molecule has 84 valence electrons. The second-order valence-corrected chi connectivity index (χ2v) is 4.84. The largest absolute Gasteiger partial charge is 0.496 e. The van der Waals surface area contributed by atoms with Crippen LogP contribution in [0.4, 0.5) is 0 Å². The zero-order valence-electron chi connectivity index (χ0n) is 10.1. The van der Waals surface area contributed by atoms with Crippen molar-refractivity contribution in [2.24, 2.45) is 5.73 Å². The van der Waals surface area contributed by atoms with E-state index >= 15 is 0 Å². The first-order valence-electron chi connectivity index (χ1n) is 5.36. The molecule has 0 aliphatic rings. The Morgan fingerprint density at radius 1 is 1.33 bits per heavy atom. The SMILES string of the molecule is COc1ccccc1C(C)CC(C)(C)N. The summed E-state index contributed by atoms with van der Waals surface area (Å²) >= 11 is 0. The Hall–Kier alpha value is -1.02. The molecule has 2 N–H and O–H groups in total. The molecule has 1 rings (SSSR count). The lowest BCUT2D eigenvalue weighted by Gasteiger charge is -2.24. The topological polar surface area (TPSA) is 35.2 Å². The Morgan fingerprint density at radius 3 is 2.47 bits per heavy atom. The van der Waals surface area contributed by atoms with Gasteiger partial charge >= 0.3 is 0 Å². The van der Waals surface area contributed by atoms with Crippen LogP contribution < -0.4 is 10.5 Å². The number of para-hydroxylation sites is 1. The minimum Gasteiger partial charge on any atom is -0.496 e. The van der Waals surface area contributed by atoms with Crippen LogP contribution in [-0.2, 0) is 0 Å². The summed E-state index contributed by atoms with van der Waals surface area (Å²) in [5, 5.41) is 0. The highest BCUT2D eigenvalue weighted by Gasteiger charge is 2.19. The van der Waals surface area contributed by atoms with Gasteiger partial charge in [-0.05, 0) is 37.8 Å². The first-order chi connectivity index (χ1) is 6.94. The second-order valence-electron chi connectivity index (χ2n) is 4.84. The first-order valence-corrected chi connectivity index (χ1v) is 5.36. The van der Waals surface area contributed by atoms with Crippen LogP contribution in [0.5, 0.6) is 5.75 Å². The van der Waals surface area contributed by atoms with Gasteiger partial charge in [0, 0.05) is 5.54 Å². The van der Waals surface area contributed by atoms with Crippen molar-refractivity contribution in [2.75, 3.05) is 7.11 Å². The minimum absolute atomic E-state index is 0.139. The van der Waals surface area contributed by atoms with Crippen molar-refractivity contribution in [3.05, 3.63) is 29.8 Å². The number of rotatable bonds is 4. The lowest BCUT2D eigenvalue weighted by Crippen LogP contribution is -2.33. The van der Waals surface area contributed by atoms with Crippen LogP contribution in [0.15, 0.2) is 24.3 Å². The van der Waals surface area contributed by atoms with Gasteiger partial charge in [0.15, 0.2) is 0 Å². The number of hydrogen-bond acceptors (Lipinski definition) is 2. The number of nitrogens with two attached hydrogens (primary N) is 1. The van der Waals surface area contributed by atoms with E-state index in [9.17, 15) is 0 Å². The summed E-state index contributed by atoms with van der Waals surface area (Å²) in [6.45, 7) is 6.30. The summed E-state index contributed by atoms with van der Waals surface area (Å²) in [5.74, 6) is 1.37. The maximum atomic E-state index is 6.02. The summed E-state index contributed by atoms with van der Waals surface area (Å²) < 4.78 is 5.34. The lowest BCUT2D eigenvalue weighted by atomic mass is 9.87. The monoisotopic (exact) mass is 207 g/mol.